The minimum absolute atomic E-state index is 0.0724. The summed E-state index contributed by atoms with van der Waals surface area (Å²) in [6.07, 6.45) is 0.594. The van der Waals surface area contributed by atoms with Crippen LogP contribution in [0.1, 0.15) is 17.8 Å². The number of nitrogens with one attached hydrogen (secondary N) is 1. The molecule has 0 radical (unpaired) electrons. The number of likely N-dealkylation sites (N-methyl/N-ethyl adjacent to an activating group) is 1. The van der Waals surface area contributed by atoms with Gasteiger partial charge < -0.3 is 5.32 Å². The fraction of sp³-hybridized carbons (Fsp3) is 0.692. The van der Waals surface area contributed by atoms with Crippen LogP contribution in [0.2, 0.25) is 0 Å². The Morgan fingerprint density at radius 3 is 2.62 bits per heavy atom. The molecule has 2 rings (SSSR count). The quantitative estimate of drug-likeness (QED) is 0.852. The Morgan fingerprint density at radius 1 is 1.48 bits per heavy atom. The van der Waals surface area contributed by atoms with Gasteiger partial charge in [0.1, 0.15) is 0 Å². The molecule has 1 atom stereocenters. The molecule has 8 heteroatoms. The van der Waals surface area contributed by atoms with Gasteiger partial charge in [-0.2, -0.15) is 5.10 Å². The summed E-state index contributed by atoms with van der Waals surface area (Å²) in [5.74, 6) is 0.201. The first-order chi connectivity index (χ1) is 9.69. The number of amides is 1. The largest absolute Gasteiger partial charge is 0.322 e. The molecule has 1 amide bonds. The maximum absolute atomic E-state index is 12.1. The molecule has 0 spiro atoms. The van der Waals surface area contributed by atoms with Gasteiger partial charge in [-0.25, -0.2) is 8.42 Å². The second-order valence-electron chi connectivity index (χ2n) is 5.69. The van der Waals surface area contributed by atoms with Crippen LogP contribution < -0.4 is 5.32 Å². The minimum Gasteiger partial charge on any atom is -0.322 e. The third-order valence-corrected chi connectivity index (χ3v) is 5.75. The maximum Gasteiger partial charge on any atom is 0.238 e. The minimum atomic E-state index is -2.93. The highest BCUT2D eigenvalue weighted by Gasteiger charge is 2.31. The van der Waals surface area contributed by atoms with E-state index in [0.717, 1.165) is 17.1 Å². The number of rotatable bonds is 4. The van der Waals surface area contributed by atoms with Crippen LogP contribution in [0.25, 0.3) is 0 Å². The molecule has 1 fully saturated rings. The van der Waals surface area contributed by atoms with Crippen molar-refractivity contribution in [2.45, 2.75) is 26.3 Å². The third kappa shape index (κ3) is 3.62. The first-order valence-corrected chi connectivity index (χ1v) is 8.72. The molecule has 1 aromatic rings. The van der Waals surface area contributed by atoms with Crippen molar-refractivity contribution in [3.63, 3.8) is 0 Å². The van der Waals surface area contributed by atoms with Crippen LogP contribution in [-0.4, -0.2) is 60.1 Å². The molecule has 0 aliphatic carbocycles. The second-order valence-corrected chi connectivity index (χ2v) is 7.92. The van der Waals surface area contributed by atoms with E-state index in [2.05, 4.69) is 10.4 Å². The van der Waals surface area contributed by atoms with E-state index < -0.39 is 9.84 Å². The van der Waals surface area contributed by atoms with Gasteiger partial charge in [0.2, 0.25) is 5.91 Å². The molecule has 0 saturated carbocycles. The normalized spacial score (nSPS) is 20.9. The predicted molar refractivity (Wildman–Crippen MR) is 81.0 cm³/mol. The van der Waals surface area contributed by atoms with Crippen molar-refractivity contribution in [2.75, 3.05) is 30.4 Å². The second kappa shape index (κ2) is 5.76. The number of nitrogens with zero attached hydrogens (tertiary/aromatic N) is 3. The Labute approximate surface area is 125 Å². The van der Waals surface area contributed by atoms with Gasteiger partial charge in [-0.1, -0.05) is 0 Å². The number of aryl methyl sites for hydroxylation is 2. The molecule has 0 bridgehead atoms. The standard InChI is InChI=1S/C13H22N4O3S/c1-9-13(10(2)17(4)15-9)14-12(18)7-16(3)11-5-6-21(19,20)8-11/h11H,5-8H2,1-4H3,(H,14,18). The van der Waals surface area contributed by atoms with E-state index in [0.29, 0.717) is 6.42 Å². The average Bonchev–Trinajstić information content (AvgIpc) is 2.84. The van der Waals surface area contributed by atoms with Crippen molar-refractivity contribution < 1.29 is 13.2 Å². The molecule has 1 aromatic heterocycles. The van der Waals surface area contributed by atoms with Gasteiger partial charge in [-0.3, -0.25) is 14.4 Å². The van der Waals surface area contributed by atoms with E-state index >= 15 is 0 Å². The van der Waals surface area contributed by atoms with Gasteiger partial charge in [0.05, 0.1) is 35.1 Å². The van der Waals surface area contributed by atoms with Crippen molar-refractivity contribution >= 4 is 21.4 Å². The number of aromatic nitrogens is 2. The highest BCUT2D eigenvalue weighted by molar-refractivity contribution is 7.91. The Balaban J connectivity index is 1.96. The molecule has 118 valence electrons. The van der Waals surface area contributed by atoms with Gasteiger partial charge in [0.15, 0.2) is 9.84 Å². The van der Waals surface area contributed by atoms with Gasteiger partial charge in [-0.05, 0) is 27.3 Å². The van der Waals surface area contributed by atoms with E-state index in [1.807, 2.05) is 20.9 Å². The molecule has 7 nitrogen and oxygen atoms in total. The smallest absolute Gasteiger partial charge is 0.238 e. The van der Waals surface area contributed by atoms with Crippen molar-refractivity contribution in [1.82, 2.24) is 14.7 Å². The Kier molecular flexibility index (Phi) is 4.38. The average molecular weight is 314 g/mol. The summed E-state index contributed by atoms with van der Waals surface area (Å²) in [6.45, 7) is 3.91. The number of anilines is 1. The summed E-state index contributed by atoms with van der Waals surface area (Å²) < 4.78 is 24.7. The topological polar surface area (TPSA) is 84.3 Å². The first-order valence-electron chi connectivity index (χ1n) is 6.90. The summed E-state index contributed by atoms with van der Waals surface area (Å²) in [7, 11) is 0.681. The summed E-state index contributed by atoms with van der Waals surface area (Å²) in [5.41, 5.74) is 2.40. The molecular weight excluding hydrogens is 292 g/mol. The van der Waals surface area contributed by atoms with Crippen LogP contribution in [0.4, 0.5) is 5.69 Å². The lowest BCUT2D eigenvalue weighted by Crippen LogP contribution is -2.38. The highest BCUT2D eigenvalue weighted by atomic mass is 32.2. The number of hydrogen-bond acceptors (Lipinski definition) is 5. The van der Waals surface area contributed by atoms with Crippen LogP contribution >= 0.6 is 0 Å². The van der Waals surface area contributed by atoms with Crippen molar-refractivity contribution in [3.8, 4) is 0 Å². The van der Waals surface area contributed by atoms with E-state index in [4.69, 9.17) is 0 Å². The van der Waals surface area contributed by atoms with Gasteiger partial charge in [0, 0.05) is 13.1 Å². The lowest BCUT2D eigenvalue weighted by molar-refractivity contribution is -0.117. The number of hydrogen-bond donors (Lipinski definition) is 1. The molecule has 0 aromatic carbocycles. The molecule has 1 aliphatic heterocycles. The monoisotopic (exact) mass is 314 g/mol. The number of carbonyl (C=O) groups is 1. The van der Waals surface area contributed by atoms with E-state index in [1.165, 1.54) is 0 Å². The summed E-state index contributed by atoms with van der Waals surface area (Å²) in [5, 5.41) is 7.11. The van der Waals surface area contributed by atoms with Crippen molar-refractivity contribution in [2.24, 2.45) is 7.05 Å². The Hall–Kier alpha value is -1.41. The van der Waals surface area contributed by atoms with E-state index in [9.17, 15) is 13.2 Å². The lowest BCUT2D eigenvalue weighted by Gasteiger charge is -2.22. The van der Waals surface area contributed by atoms with Crippen LogP contribution in [-0.2, 0) is 21.7 Å². The molecule has 1 unspecified atom stereocenters. The van der Waals surface area contributed by atoms with Crippen LogP contribution in [0.5, 0.6) is 0 Å². The van der Waals surface area contributed by atoms with Crippen LogP contribution in [0.3, 0.4) is 0 Å². The zero-order valence-electron chi connectivity index (χ0n) is 12.9. The van der Waals surface area contributed by atoms with Crippen LogP contribution in [0.15, 0.2) is 0 Å². The van der Waals surface area contributed by atoms with E-state index in [-0.39, 0.29) is 30.0 Å². The summed E-state index contributed by atoms with van der Waals surface area (Å²) in [6, 6.07) is -0.0724. The van der Waals surface area contributed by atoms with Crippen LogP contribution in [0, 0.1) is 13.8 Å². The fourth-order valence-corrected chi connectivity index (χ4v) is 4.42. The van der Waals surface area contributed by atoms with Gasteiger partial charge >= 0.3 is 0 Å². The number of carbonyl (C=O) groups excluding carboxylic acids is 1. The molecule has 1 aliphatic rings. The highest BCUT2D eigenvalue weighted by Crippen LogP contribution is 2.19. The summed E-state index contributed by atoms with van der Waals surface area (Å²) >= 11 is 0. The molecule has 2 heterocycles. The van der Waals surface area contributed by atoms with Gasteiger partial charge in [0.25, 0.3) is 0 Å². The first kappa shape index (κ1) is 16.0. The molecule has 1 saturated heterocycles. The Bertz CT molecular complexity index is 651. The molecule has 1 N–H and O–H groups in total. The maximum atomic E-state index is 12.1. The van der Waals surface area contributed by atoms with Crippen molar-refractivity contribution in [3.05, 3.63) is 11.4 Å². The SMILES string of the molecule is Cc1nn(C)c(C)c1NC(=O)CN(C)C1CCS(=O)(=O)C1. The molecule has 21 heavy (non-hydrogen) atoms. The zero-order chi connectivity index (χ0) is 15.8. The zero-order valence-corrected chi connectivity index (χ0v) is 13.7. The number of sulfone groups is 1. The van der Waals surface area contributed by atoms with Crippen molar-refractivity contribution in [1.29, 1.82) is 0 Å². The Morgan fingerprint density at radius 2 is 2.14 bits per heavy atom. The van der Waals surface area contributed by atoms with Gasteiger partial charge in [-0.15, -0.1) is 0 Å². The molecular formula is C13H22N4O3S. The summed E-state index contributed by atoms with van der Waals surface area (Å²) in [4.78, 5) is 13.9. The predicted octanol–water partition coefficient (Wildman–Crippen LogP) is 0.0943. The lowest BCUT2D eigenvalue weighted by atomic mass is 10.2. The third-order valence-electron chi connectivity index (χ3n) is 4.00. The fourth-order valence-electron chi connectivity index (χ4n) is 2.61. The van der Waals surface area contributed by atoms with E-state index in [1.54, 1.807) is 16.6 Å².